The predicted molar refractivity (Wildman–Crippen MR) is 115 cm³/mol. The third-order valence-corrected chi connectivity index (χ3v) is 6.43. The molecule has 0 atom stereocenters. The Kier molecular flexibility index (Phi) is 7.96. The molecule has 0 aliphatic carbocycles. The minimum absolute atomic E-state index is 0.0354. The molecule has 0 saturated carbocycles. The first-order chi connectivity index (χ1) is 14.1. The number of rotatable bonds is 10. The molecule has 2 rings (SSSR count). The van der Waals surface area contributed by atoms with Gasteiger partial charge >= 0.3 is 10.4 Å². The summed E-state index contributed by atoms with van der Waals surface area (Å²) in [6, 6.07) is 10.9. The summed E-state index contributed by atoms with van der Waals surface area (Å²) in [6.45, 7) is 5.03. The number of benzene rings is 2. The first-order valence-electron chi connectivity index (χ1n) is 9.12. The van der Waals surface area contributed by atoms with Crippen LogP contribution in [0.4, 0.5) is 11.4 Å². The van der Waals surface area contributed by atoms with Crippen molar-refractivity contribution in [1.82, 2.24) is 0 Å². The molecule has 0 heterocycles. The molecule has 9 nitrogen and oxygen atoms in total. The highest BCUT2D eigenvalue weighted by Crippen LogP contribution is 2.24. The maximum Gasteiger partial charge on any atom is 0.397 e. The molecule has 0 aromatic heterocycles. The van der Waals surface area contributed by atoms with Gasteiger partial charge in [-0.25, -0.2) is 12.6 Å². The monoisotopic (exact) mass is 456 g/mol. The van der Waals surface area contributed by atoms with Crippen molar-refractivity contribution in [3.05, 3.63) is 48.0 Å². The number of phenolic OH excluding ortho intramolecular Hbond substituents is 1. The Labute approximate surface area is 176 Å². The molecule has 11 heteroatoms. The lowest BCUT2D eigenvalue weighted by Crippen LogP contribution is -2.21. The van der Waals surface area contributed by atoms with Gasteiger partial charge in [0.1, 0.15) is 5.75 Å². The first-order valence-corrected chi connectivity index (χ1v) is 12.1. The molecule has 164 valence electrons. The standard InChI is InChI=1S/C19H24N2O7S2/c1-3-21(4-2)17-7-10-19(22)15(13-17)14-20-16-5-8-18(9-6-16)29(23,24)12-11-28-30(25,26)27/h5-10,13-14,22H,3-4,11-12H2,1-2H3,(H,25,26,27). The van der Waals surface area contributed by atoms with Gasteiger partial charge in [0.25, 0.3) is 0 Å². The summed E-state index contributed by atoms with van der Waals surface area (Å²) >= 11 is 0. The SMILES string of the molecule is CCN(CC)c1ccc(O)c(C=Nc2ccc(S(=O)(=O)CCOS(=O)(=O)O)cc2)c1. The van der Waals surface area contributed by atoms with Crippen LogP contribution in [0.25, 0.3) is 0 Å². The number of nitrogens with zero attached hydrogens (tertiary/aromatic N) is 2. The van der Waals surface area contributed by atoms with Gasteiger partial charge in [0.15, 0.2) is 9.84 Å². The van der Waals surface area contributed by atoms with Crippen molar-refractivity contribution in [2.24, 2.45) is 4.99 Å². The Balaban J connectivity index is 2.14. The van der Waals surface area contributed by atoms with E-state index in [1.807, 2.05) is 26.0 Å². The van der Waals surface area contributed by atoms with Gasteiger partial charge in [0.05, 0.1) is 22.9 Å². The van der Waals surface area contributed by atoms with Crippen molar-refractivity contribution in [3.63, 3.8) is 0 Å². The van der Waals surface area contributed by atoms with Gasteiger partial charge in [0.2, 0.25) is 0 Å². The Morgan fingerprint density at radius 3 is 2.23 bits per heavy atom. The largest absolute Gasteiger partial charge is 0.507 e. The Hall–Kier alpha value is -2.47. The molecule has 0 aliphatic heterocycles. The predicted octanol–water partition coefficient (Wildman–Crippen LogP) is 2.58. The minimum Gasteiger partial charge on any atom is -0.507 e. The van der Waals surface area contributed by atoms with E-state index in [4.69, 9.17) is 4.55 Å². The number of aliphatic imine (C=N–C) groups is 1. The molecule has 0 radical (unpaired) electrons. The van der Waals surface area contributed by atoms with Crippen LogP contribution in [0.1, 0.15) is 19.4 Å². The minimum atomic E-state index is -4.69. The maximum atomic E-state index is 12.2. The van der Waals surface area contributed by atoms with Gasteiger partial charge in [-0.15, -0.1) is 0 Å². The average molecular weight is 457 g/mol. The molecule has 0 unspecified atom stereocenters. The second-order valence-electron chi connectivity index (χ2n) is 6.24. The third kappa shape index (κ3) is 6.80. The fourth-order valence-electron chi connectivity index (χ4n) is 2.68. The topological polar surface area (TPSA) is 134 Å². The maximum absolute atomic E-state index is 12.2. The van der Waals surface area contributed by atoms with E-state index in [-0.39, 0.29) is 10.6 Å². The van der Waals surface area contributed by atoms with E-state index in [0.29, 0.717) is 11.3 Å². The molecule has 30 heavy (non-hydrogen) atoms. The van der Waals surface area contributed by atoms with Crippen LogP contribution in [-0.2, 0) is 24.4 Å². The molecule has 0 fully saturated rings. The second kappa shape index (κ2) is 10.0. The van der Waals surface area contributed by atoms with Gasteiger partial charge in [-0.2, -0.15) is 8.42 Å². The third-order valence-electron chi connectivity index (χ3n) is 4.27. The summed E-state index contributed by atoms with van der Waals surface area (Å²) in [5.41, 5.74) is 1.95. The molecule has 2 aromatic carbocycles. The number of phenols is 1. The fourth-order valence-corrected chi connectivity index (χ4v) is 4.17. The zero-order valence-electron chi connectivity index (χ0n) is 16.6. The highest BCUT2D eigenvalue weighted by molar-refractivity contribution is 7.91. The van der Waals surface area contributed by atoms with E-state index in [1.54, 1.807) is 6.07 Å². The van der Waals surface area contributed by atoms with Crippen molar-refractivity contribution in [1.29, 1.82) is 0 Å². The quantitative estimate of drug-likeness (QED) is 0.412. The van der Waals surface area contributed by atoms with Crippen LogP contribution in [0.15, 0.2) is 52.4 Å². The van der Waals surface area contributed by atoms with Crippen LogP contribution < -0.4 is 4.90 Å². The number of hydrogen-bond donors (Lipinski definition) is 2. The van der Waals surface area contributed by atoms with Crippen molar-refractivity contribution >= 4 is 37.8 Å². The highest BCUT2D eigenvalue weighted by Gasteiger charge is 2.16. The van der Waals surface area contributed by atoms with E-state index in [1.165, 1.54) is 30.5 Å². The number of aromatic hydroxyl groups is 1. The molecular formula is C19H24N2O7S2. The summed E-state index contributed by atoms with van der Waals surface area (Å²) in [7, 11) is -8.48. The van der Waals surface area contributed by atoms with E-state index >= 15 is 0 Å². The second-order valence-corrected chi connectivity index (χ2v) is 9.44. The Morgan fingerprint density at radius 1 is 1.03 bits per heavy atom. The van der Waals surface area contributed by atoms with Crippen molar-refractivity contribution in [3.8, 4) is 5.75 Å². The summed E-state index contributed by atoms with van der Waals surface area (Å²) in [5, 5.41) is 10.1. The van der Waals surface area contributed by atoms with Crippen LogP contribution in [0, 0.1) is 0 Å². The van der Waals surface area contributed by atoms with Crippen molar-refractivity contribution < 1.29 is 30.7 Å². The van der Waals surface area contributed by atoms with Crippen LogP contribution >= 0.6 is 0 Å². The number of hydrogen-bond acceptors (Lipinski definition) is 8. The van der Waals surface area contributed by atoms with Gasteiger partial charge in [0, 0.05) is 30.6 Å². The zero-order chi connectivity index (χ0) is 22.4. The number of anilines is 1. The van der Waals surface area contributed by atoms with Gasteiger partial charge in [-0.1, -0.05) is 0 Å². The van der Waals surface area contributed by atoms with Crippen LogP contribution in [0.2, 0.25) is 0 Å². The average Bonchev–Trinajstić information content (AvgIpc) is 2.68. The molecule has 2 N–H and O–H groups in total. The van der Waals surface area contributed by atoms with Crippen LogP contribution in [-0.4, -0.2) is 58.2 Å². The Bertz CT molecular complexity index is 1090. The molecule has 0 amide bonds. The summed E-state index contributed by atoms with van der Waals surface area (Å²) in [5.74, 6) is -0.533. The van der Waals surface area contributed by atoms with Crippen LogP contribution in [0.3, 0.4) is 0 Å². The van der Waals surface area contributed by atoms with E-state index in [2.05, 4.69) is 14.1 Å². The van der Waals surface area contributed by atoms with Crippen molar-refractivity contribution in [2.45, 2.75) is 18.7 Å². The van der Waals surface area contributed by atoms with Crippen molar-refractivity contribution in [2.75, 3.05) is 30.3 Å². The highest BCUT2D eigenvalue weighted by atomic mass is 32.3. The van der Waals surface area contributed by atoms with Gasteiger partial charge < -0.3 is 10.0 Å². The van der Waals surface area contributed by atoms with E-state index in [0.717, 1.165) is 18.8 Å². The lowest BCUT2D eigenvalue weighted by Gasteiger charge is -2.21. The lowest BCUT2D eigenvalue weighted by molar-refractivity contribution is 0.284. The smallest absolute Gasteiger partial charge is 0.397 e. The summed E-state index contributed by atoms with van der Waals surface area (Å²) in [6.07, 6.45) is 1.49. The number of sulfone groups is 1. The summed E-state index contributed by atoms with van der Waals surface area (Å²) < 4.78 is 57.9. The normalized spacial score (nSPS) is 12.4. The van der Waals surface area contributed by atoms with E-state index in [9.17, 15) is 21.9 Å². The van der Waals surface area contributed by atoms with Gasteiger partial charge in [-0.05, 0) is 56.3 Å². The lowest BCUT2D eigenvalue weighted by atomic mass is 10.1. The molecule has 0 aliphatic rings. The molecule has 2 aromatic rings. The first kappa shape index (κ1) is 23.8. The molecular weight excluding hydrogens is 432 g/mol. The molecule has 0 bridgehead atoms. The van der Waals surface area contributed by atoms with Crippen LogP contribution in [0.5, 0.6) is 5.75 Å². The fraction of sp³-hybridized carbons (Fsp3) is 0.316. The zero-order valence-corrected chi connectivity index (χ0v) is 18.2. The molecule has 0 spiro atoms. The Morgan fingerprint density at radius 2 is 1.67 bits per heavy atom. The summed E-state index contributed by atoms with van der Waals surface area (Å²) in [4.78, 5) is 6.36. The van der Waals surface area contributed by atoms with Gasteiger partial charge in [-0.3, -0.25) is 9.55 Å². The molecule has 0 saturated heterocycles. The van der Waals surface area contributed by atoms with E-state index < -0.39 is 32.6 Å².